The van der Waals surface area contributed by atoms with Crippen molar-refractivity contribution >= 4 is 21.6 Å². The fraction of sp³-hybridized carbons (Fsp3) is 0.450. The van der Waals surface area contributed by atoms with E-state index >= 15 is 0 Å². The van der Waals surface area contributed by atoms with Crippen molar-refractivity contribution in [1.82, 2.24) is 10.2 Å². The third-order valence-electron chi connectivity index (χ3n) is 5.78. The fourth-order valence-electron chi connectivity index (χ4n) is 4.30. The third kappa shape index (κ3) is 3.93. The van der Waals surface area contributed by atoms with E-state index in [0.717, 1.165) is 37.8 Å². The highest BCUT2D eigenvalue weighted by molar-refractivity contribution is 7.92. The van der Waals surface area contributed by atoms with Gasteiger partial charge in [0, 0.05) is 23.3 Å². The van der Waals surface area contributed by atoms with Gasteiger partial charge in [0.1, 0.15) is 5.76 Å². The predicted molar refractivity (Wildman–Crippen MR) is 108 cm³/mol. The van der Waals surface area contributed by atoms with E-state index in [2.05, 4.69) is 21.9 Å². The van der Waals surface area contributed by atoms with Gasteiger partial charge in [0.15, 0.2) is 5.76 Å². The molecule has 150 valence electrons. The molecule has 1 aromatic carbocycles. The Morgan fingerprint density at radius 2 is 1.79 bits per heavy atom. The second kappa shape index (κ2) is 7.25. The molecular formula is C20H25N3O4S. The maximum atomic E-state index is 12.7. The first kappa shape index (κ1) is 19.0. The van der Waals surface area contributed by atoms with Crippen LogP contribution in [0.15, 0.2) is 40.8 Å². The Balaban J connectivity index is 1.44. The molecule has 8 heteroatoms. The largest absolute Gasteiger partial charge is 0.451 e. The van der Waals surface area contributed by atoms with Crippen LogP contribution in [0.5, 0.6) is 0 Å². The lowest BCUT2D eigenvalue weighted by Crippen LogP contribution is -2.62. The Kier molecular flexibility index (Phi) is 4.93. The number of hydrogen-bond donors (Lipinski definition) is 2. The van der Waals surface area contributed by atoms with Crippen LogP contribution in [0.3, 0.4) is 0 Å². The van der Waals surface area contributed by atoms with E-state index in [1.165, 1.54) is 0 Å². The van der Waals surface area contributed by atoms with Crippen LogP contribution in [0.2, 0.25) is 0 Å². The average molecular weight is 404 g/mol. The molecular weight excluding hydrogens is 378 g/mol. The number of furan rings is 1. The minimum Gasteiger partial charge on any atom is -0.451 e. The SMILES string of the molecule is CC1C(NC(=O)c2ccc(-c3ccc(NS(C)(=O)=O)cc3)o2)C2CCN1CC2. The summed E-state index contributed by atoms with van der Waals surface area (Å²) in [5.41, 5.74) is 1.25. The quantitative estimate of drug-likeness (QED) is 0.800. The van der Waals surface area contributed by atoms with Gasteiger partial charge in [-0.05, 0) is 75.2 Å². The molecule has 3 saturated heterocycles. The number of benzene rings is 1. The standard InChI is InChI=1S/C20H25N3O4S/c1-13-19(15-9-11-23(13)12-10-15)21-20(24)18-8-7-17(27-18)14-3-5-16(6-4-14)22-28(2,25)26/h3-8,13,15,19,22H,9-12H2,1-2H3,(H,21,24). The van der Waals surface area contributed by atoms with Gasteiger partial charge in [-0.25, -0.2) is 8.42 Å². The minimum absolute atomic E-state index is 0.157. The summed E-state index contributed by atoms with van der Waals surface area (Å²) in [5.74, 6) is 1.20. The number of carbonyl (C=O) groups is 1. The van der Waals surface area contributed by atoms with Crippen LogP contribution < -0.4 is 10.0 Å². The van der Waals surface area contributed by atoms with Crippen molar-refractivity contribution in [3.8, 4) is 11.3 Å². The number of nitrogens with one attached hydrogen (secondary N) is 2. The van der Waals surface area contributed by atoms with Gasteiger partial charge in [-0.1, -0.05) is 0 Å². The first-order valence-corrected chi connectivity index (χ1v) is 11.4. The summed E-state index contributed by atoms with van der Waals surface area (Å²) >= 11 is 0. The van der Waals surface area contributed by atoms with Crippen LogP contribution in [0.25, 0.3) is 11.3 Å². The van der Waals surface area contributed by atoms with Crippen molar-refractivity contribution in [3.63, 3.8) is 0 Å². The molecule has 0 aliphatic carbocycles. The molecule has 5 rings (SSSR count). The van der Waals surface area contributed by atoms with Gasteiger partial charge in [0.25, 0.3) is 5.91 Å². The monoisotopic (exact) mass is 403 g/mol. The summed E-state index contributed by atoms with van der Waals surface area (Å²) < 4.78 is 30.8. The van der Waals surface area contributed by atoms with Gasteiger partial charge in [-0.3, -0.25) is 14.4 Å². The molecule has 3 fully saturated rings. The van der Waals surface area contributed by atoms with Crippen molar-refractivity contribution in [2.45, 2.75) is 31.8 Å². The lowest BCUT2D eigenvalue weighted by Gasteiger charge is -2.49. The van der Waals surface area contributed by atoms with Crippen molar-refractivity contribution in [2.24, 2.45) is 5.92 Å². The normalized spacial score (nSPS) is 26.8. The molecule has 1 aromatic heterocycles. The van der Waals surface area contributed by atoms with Gasteiger partial charge < -0.3 is 9.73 Å². The molecule has 3 aliphatic rings. The molecule has 28 heavy (non-hydrogen) atoms. The number of hydrogen-bond acceptors (Lipinski definition) is 5. The molecule has 3 aliphatic heterocycles. The fourth-order valence-corrected chi connectivity index (χ4v) is 4.86. The van der Waals surface area contributed by atoms with E-state index in [-0.39, 0.29) is 17.7 Å². The van der Waals surface area contributed by atoms with Crippen molar-refractivity contribution < 1.29 is 17.6 Å². The van der Waals surface area contributed by atoms with Crippen molar-refractivity contribution in [2.75, 3.05) is 24.1 Å². The van der Waals surface area contributed by atoms with Gasteiger partial charge in [-0.15, -0.1) is 0 Å². The molecule has 2 unspecified atom stereocenters. The Morgan fingerprint density at radius 3 is 2.39 bits per heavy atom. The second-order valence-corrected chi connectivity index (χ2v) is 9.48. The maximum Gasteiger partial charge on any atom is 0.287 e. The molecule has 2 aromatic rings. The highest BCUT2D eigenvalue weighted by Crippen LogP contribution is 2.32. The average Bonchev–Trinajstić information content (AvgIpc) is 3.14. The van der Waals surface area contributed by atoms with Crippen LogP contribution >= 0.6 is 0 Å². The Bertz CT molecular complexity index is 958. The zero-order chi connectivity index (χ0) is 19.9. The molecule has 2 N–H and O–H groups in total. The number of amides is 1. The van der Waals surface area contributed by atoms with Crippen LogP contribution in [0.4, 0.5) is 5.69 Å². The number of nitrogens with zero attached hydrogens (tertiary/aromatic N) is 1. The second-order valence-electron chi connectivity index (χ2n) is 7.73. The Morgan fingerprint density at radius 1 is 1.11 bits per heavy atom. The molecule has 0 saturated carbocycles. The summed E-state index contributed by atoms with van der Waals surface area (Å²) in [5, 5.41) is 3.16. The van der Waals surface area contributed by atoms with Crippen LogP contribution in [0.1, 0.15) is 30.3 Å². The van der Waals surface area contributed by atoms with Crippen LogP contribution in [-0.4, -0.2) is 50.7 Å². The number of piperidine rings is 3. The van der Waals surface area contributed by atoms with Gasteiger partial charge in [0.05, 0.1) is 6.26 Å². The summed E-state index contributed by atoms with van der Waals surface area (Å²) in [4.78, 5) is 15.1. The van der Waals surface area contributed by atoms with E-state index in [1.54, 1.807) is 36.4 Å². The minimum atomic E-state index is -3.31. The number of sulfonamides is 1. The molecule has 0 radical (unpaired) electrons. The number of rotatable bonds is 5. The van der Waals surface area contributed by atoms with Crippen LogP contribution in [0, 0.1) is 5.92 Å². The summed E-state index contributed by atoms with van der Waals surface area (Å²) in [7, 11) is -3.31. The van der Waals surface area contributed by atoms with Gasteiger partial charge in [-0.2, -0.15) is 0 Å². The first-order chi connectivity index (χ1) is 13.3. The van der Waals surface area contributed by atoms with E-state index < -0.39 is 10.0 Å². The topological polar surface area (TPSA) is 91.7 Å². The third-order valence-corrected chi connectivity index (χ3v) is 6.38. The molecule has 2 atom stereocenters. The molecule has 1 amide bonds. The molecule has 7 nitrogen and oxygen atoms in total. The Labute approximate surface area is 165 Å². The maximum absolute atomic E-state index is 12.7. The zero-order valence-electron chi connectivity index (χ0n) is 16.0. The number of anilines is 1. The lowest BCUT2D eigenvalue weighted by atomic mass is 9.79. The van der Waals surface area contributed by atoms with Crippen LogP contribution in [-0.2, 0) is 10.0 Å². The van der Waals surface area contributed by atoms with Crippen molar-refractivity contribution in [3.05, 3.63) is 42.2 Å². The number of carbonyl (C=O) groups excluding carboxylic acids is 1. The predicted octanol–water partition coefficient (Wildman–Crippen LogP) is 2.53. The number of fused-ring (bicyclic) bond motifs is 3. The van der Waals surface area contributed by atoms with Crippen molar-refractivity contribution in [1.29, 1.82) is 0 Å². The van der Waals surface area contributed by atoms with Gasteiger partial charge >= 0.3 is 0 Å². The van der Waals surface area contributed by atoms with E-state index in [9.17, 15) is 13.2 Å². The van der Waals surface area contributed by atoms with E-state index in [1.807, 2.05) is 0 Å². The smallest absolute Gasteiger partial charge is 0.287 e. The summed E-state index contributed by atoms with van der Waals surface area (Å²) in [6, 6.07) is 10.8. The Hall–Kier alpha value is -2.32. The van der Waals surface area contributed by atoms with Gasteiger partial charge in [0.2, 0.25) is 10.0 Å². The highest BCUT2D eigenvalue weighted by Gasteiger charge is 2.40. The zero-order valence-corrected chi connectivity index (χ0v) is 16.8. The summed E-state index contributed by atoms with van der Waals surface area (Å²) in [6.07, 6.45) is 3.37. The lowest BCUT2D eigenvalue weighted by molar-refractivity contribution is 0.0211. The van der Waals surface area contributed by atoms with E-state index in [0.29, 0.717) is 23.4 Å². The molecule has 2 bridgehead atoms. The summed E-state index contributed by atoms with van der Waals surface area (Å²) in [6.45, 7) is 4.41. The highest BCUT2D eigenvalue weighted by atomic mass is 32.2. The molecule has 4 heterocycles. The van der Waals surface area contributed by atoms with E-state index in [4.69, 9.17) is 4.42 Å². The molecule has 0 spiro atoms. The first-order valence-electron chi connectivity index (χ1n) is 9.53.